The van der Waals surface area contributed by atoms with Crippen molar-refractivity contribution < 1.29 is 29.0 Å². The third kappa shape index (κ3) is 7.12. The Morgan fingerprint density at radius 2 is 1.92 bits per heavy atom. The summed E-state index contributed by atoms with van der Waals surface area (Å²) < 4.78 is 11.0. The predicted molar refractivity (Wildman–Crippen MR) is 90.5 cm³/mol. The molecule has 0 aliphatic carbocycles. The number of hydrogen-bond acceptors (Lipinski definition) is 5. The molecule has 1 aromatic rings. The van der Waals surface area contributed by atoms with E-state index in [9.17, 15) is 14.4 Å². The first-order valence-corrected chi connectivity index (χ1v) is 8.41. The highest BCUT2D eigenvalue weighted by Gasteiger charge is 2.23. The number of rotatable bonds is 9. The van der Waals surface area contributed by atoms with Gasteiger partial charge in [-0.05, 0) is 37.5 Å². The minimum Gasteiger partial charge on any atom is -0.481 e. The van der Waals surface area contributed by atoms with E-state index in [1.807, 2.05) is 25.1 Å². The maximum Gasteiger partial charge on any atom is 0.312 e. The first kappa shape index (κ1) is 20.2. The van der Waals surface area contributed by atoms with Crippen LogP contribution in [-0.2, 0) is 30.3 Å². The SMILES string of the molecule is CCOC(=O)C(COC(=O)CCC(=O)O)Cc1ccc(Br)c(C)c1. The zero-order valence-electron chi connectivity index (χ0n) is 13.7. The Morgan fingerprint density at radius 1 is 1.21 bits per heavy atom. The summed E-state index contributed by atoms with van der Waals surface area (Å²) in [5.41, 5.74) is 1.96. The summed E-state index contributed by atoms with van der Waals surface area (Å²) in [6.07, 6.45) is -0.143. The Labute approximate surface area is 149 Å². The third-order valence-corrected chi connectivity index (χ3v) is 4.20. The summed E-state index contributed by atoms with van der Waals surface area (Å²) in [4.78, 5) is 34.1. The fourth-order valence-electron chi connectivity index (χ4n) is 2.06. The number of ether oxygens (including phenoxy) is 2. The number of carboxylic acids is 1. The lowest BCUT2D eigenvalue weighted by Gasteiger charge is -2.16. The Kier molecular flexibility index (Phi) is 8.46. The number of halogens is 1. The van der Waals surface area contributed by atoms with Crippen LogP contribution in [0.15, 0.2) is 22.7 Å². The van der Waals surface area contributed by atoms with Crippen LogP contribution in [0.4, 0.5) is 0 Å². The highest BCUT2D eigenvalue weighted by molar-refractivity contribution is 9.10. The summed E-state index contributed by atoms with van der Waals surface area (Å²) in [6, 6.07) is 5.73. The number of aryl methyl sites for hydroxylation is 1. The third-order valence-electron chi connectivity index (χ3n) is 3.31. The van der Waals surface area contributed by atoms with Crippen LogP contribution in [0.5, 0.6) is 0 Å². The van der Waals surface area contributed by atoms with Crippen LogP contribution in [0.1, 0.15) is 30.9 Å². The number of hydrogen-bond donors (Lipinski definition) is 1. The highest BCUT2D eigenvalue weighted by Crippen LogP contribution is 2.20. The molecule has 1 rings (SSSR count). The van der Waals surface area contributed by atoms with Crippen LogP contribution in [0.2, 0.25) is 0 Å². The van der Waals surface area contributed by atoms with Gasteiger partial charge in [-0.25, -0.2) is 0 Å². The van der Waals surface area contributed by atoms with E-state index in [4.69, 9.17) is 14.6 Å². The molecular weight excluding hydrogens is 380 g/mol. The molecule has 0 aromatic heterocycles. The lowest BCUT2D eigenvalue weighted by Crippen LogP contribution is -2.26. The minimum absolute atomic E-state index is 0.133. The van der Waals surface area contributed by atoms with Crippen molar-refractivity contribution in [3.63, 3.8) is 0 Å². The molecule has 7 heteroatoms. The molecule has 1 atom stereocenters. The number of carboxylic acid groups (broad SMARTS) is 1. The van der Waals surface area contributed by atoms with Crippen molar-refractivity contribution in [3.8, 4) is 0 Å². The Bertz CT molecular complexity index is 599. The molecule has 0 saturated heterocycles. The van der Waals surface area contributed by atoms with Crippen molar-refractivity contribution in [1.29, 1.82) is 0 Å². The second-order valence-corrected chi connectivity index (χ2v) is 6.17. The fraction of sp³-hybridized carbons (Fsp3) is 0.471. The zero-order chi connectivity index (χ0) is 18.1. The minimum atomic E-state index is -1.07. The van der Waals surface area contributed by atoms with E-state index in [-0.39, 0.29) is 26.1 Å². The van der Waals surface area contributed by atoms with Gasteiger partial charge in [0.2, 0.25) is 0 Å². The summed E-state index contributed by atoms with van der Waals surface area (Å²) >= 11 is 3.42. The van der Waals surface area contributed by atoms with E-state index in [0.29, 0.717) is 6.42 Å². The predicted octanol–water partition coefficient (Wildman–Crippen LogP) is 2.89. The molecule has 0 saturated carbocycles. The number of aliphatic carboxylic acids is 1. The van der Waals surface area contributed by atoms with Crippen LogP contribution in [0, 0.1) is 12.8 Å². The quantitative estimate of drug-likeness (QED) is 0.640. The van der Waals surface area contributed by atoms with Crippen molar-refractivity contribution in [2.75, 3.05) is 13.2 Å². The van der Waals surface area contributed by atoms with Gasteiger partial charge in [0.15, 0.2) is 0 Å². The maximum atomic E-state index is 12.1. The van der Waals surface area contributed by atoms with E-state index in [2.05, 4.69) is 15.9 Å². The van der Waals surface area contributed by atoms with Crippen LogP contribution in [-0.4, -0.2) is 36.2 Å². The summed E-state index contributed by atoms with van der Waals surface area (Å²) in [6.45, 7) is 3.75. The normalized spacial score (nSPS) is 11.6. The van der Waals surface area contributed by atoms with Crippen LogP contribution in [0.3, 0.4) is 0 Å². The van der Waals surface area contributed by atoms with Crippen LogP contribution < -0.4 is 0 Å². The van der Waals surface area contributed by atoms with E-state index in [0.717, 1.165) is 15.6 Å². The molecule has 6 nitrogen and oxygen atoms in total. The maximum absolute atomic E-state index is 12.1. The Morgan fingerprint density at radius 3 is 2.50 bits per heavy atom. The summed E-state index contributed by atoms with van der Waals surface area (Å²) in [7, 11) is 0. The van der Waals surface area contributed by atoms with Gasteiger partial charge in [0.05, 0.1) is 25.4 Å². The zero-order valence-corrected chi connectivity index (χ0v) is 15.3. The number of carbonyl (C=O) groups is 3. The molecule has 24 heavy (non-hydrogen) atoms. The van der Waals surface area contributed by atoms with Crippen molar-refractivity contribution in [2.24, 2.45) is 5.92 Å². The van der Waals surface area contributed by atoms with E-state index >= 15 is 0 Å². The van der Waals surface area contributed by atoms with Gasteiger partial charge in [-0.3, -0.25) is 14.4 Å². The molecule has 0 amide bonds. The van der Waals surface area contributed by atoms with Gasteiger partial charge in [0.25, 0.3) is 0 Å². The highest BCUT2D eigenvalue weighted by atomic mass is 79.9. The second-order valence-electron chi connectivity index (χ2n) is 5.31. The lowest BCUT2D eigenvalue weighted by molar-refractivity contribution is -0.155. The Hall–Kier alpha value is -1.89. The van der Waals surface area contributed by atoms with E-state index in [1.54, 1.807) is 6.92 Å². The summed E-state index contributed by atoms with van der Waals surface area (Å²) in [5.74, 6) is -2.78. The molecule has 0 bridgehead atoms. The van der Waals surface area contributed by atoms with E-state index in [1.165, 1.54) is 0 Å². The van der Waals surface area contributed by atoms with Crippen molar-refractivity contribution in [1.82, 2.24) is 0 Å². The first-order chi connectivity index (χ1) is 11.3. The van der Waals surface area contributed by atoms with Crippen LogP contribution in [0.25, 0.3) is 0 Å². The van der Waals surface area contributed by atoms with Gasteiger partial charge < -0.3 is 14.6 Å². The van der Waals surface area contributed by atoms with Gasteiger partial charge in [0.1, 0.15) is 6.61 Å². The fourth-order valence-corrected chi connectivity index (χ4v) is 2.31. The topological polar surface area (TPSA) is 89.9 Å². The molecule has 0 heterocycles. The van der Waals surface area contributed by atoms with Gasteiger partial charge in [-0.2, -0.15) is 0 Å². The Balaban J connectivity index is 2.69. The molecule has 0 spiro atoms. The number of benzene rings is 1. The lowest BCUT2D eigenvalue weighted by atomic mass is 9.99. The molecule has 1 unspecified atom stereocenters. The van der Waals surface area contributed by atoms with Crippen LogP contribution >= 0.6 is 15.9 Å². The van der Waals surface area contributed by atoms with Crippen molar-refractivity contribution >= 4 is 33.8 Å². The molecule has 0 aliphatic heterocycles. The summed E-state index contributed by atoms with van der Waals surface area (Å²) in [5, 5.41) is 8.56. The van der Waals surface area contributed by atoms with Gasteiger partial charge in [-0.1, -0.05) is 28.1 Å². The molecule has 1 N–H and O–H groups in total. The average Bonchev–Trinajstić information content (AvgIpc) is 2.52. The number of carbonyl (C=O) groups excluding carboxylic acids is 2. The van der Waals surface area contributed by atoms with Gasteiger partial charge in [0, 0.05) is 4.47 Å². The van der Waals surface area contributed by atoms with Crippen molar-refractivity contribution in [3.05, 3.63) is 33.8 Å². The number of esters is 2. The monoisotopic (exact) mass is 400 g/mol. The molecule has 1 aromatic carbocycles. The molecule has 0 fully saturated rings. The largest absolute Gasteiger partial charge is 0.481 e. The van der Waals surface area contributed by atoms with E-state index < -0.39 is 23.8 Å². The molecule has 132 valence electrons. The molecule has 0 aliphatic rings. The standard InChI is InChI=1S/C17H21BrO6/c1-3-23-17(22)13(10-24-16(21)7-6-15(19)20)9-12-4-5-14(18)11(2)8-12/h4-5,8,13H,3,6-7,9-10H2,1-2H3,(H,19,20). The second kappa shape index (κ2) is 10.1. The van der Waals surface area contributed by atoms with Gasteiger partial charge >= 0.3 is 17.9 Å². The van der Waals surface area contributed by atoms with Gasteiger partial charge in [-0.15, -0.1) is 0 Å². The van der Waals surface area contributed by atoms with Crippen molar-refractivity contribution in [2.45, 2.75) is 33.1 Å². The first-order valence-electron chi connectivity index (χ1n) is 7.62. The molecule has 0 radical (unpaired) electrons. The molecular formula is C17H21BrO6. The average molecular weight is 401 g/mol. The smallest absolute Gasteiger partial charge is 0.312 e.